The molecule has 4 aliphatic rings. The van der Waals surface area contributed by atoms with Gasteiger partial charge in [-0.05, 0) is 75.4 Å². The van der Waals surface area contributed by atoms with E-state index in [2.05, 4.69) is 20.8 Å². The number of hydrogen-bond donors (Lipinski definition) is 1. The van der Waals surface area contributed by atoms with Crippen LogP contribution in [0, 0.1) is 34.5 Å². The Morgan fingerprint density at radius 2 is 1.92 bits per heavy atom. The van der Waals surface area contributed by atoms with E-state index in [-0.39, 0.29) is 28.4 Å². The van der Waals surface area contributed by atoms with Crippen LogP contribution in [-0.4, -0.2) is 22.8 Å². The maximum Gasteiger partial charge on any atom is 0.178 e. The smallest absolute Gasteiger partial charge is 0.178 e. The van der Waals surface area contributed by atoms with Crippen LogP contribution in [-0.2, 0) is 9.59 Å². The topological polar surface area (TPSA) is 54.4 Å². The molecule has 0 aromatic heterocycles. The van der Waals surface area contributed by atoms with Crippen LogP contribution in [0.25, 0.3) is 0 Å². The van der Waals surface area contributed by atoms with Crippen LogP contribution in [0.2, 0.25) is 0 Å². The fraction of sp³-hybridized carbons (Fsp3) is 0.727. The Labute approximate surface area is 150 Å². The lowest BCUT2D eigenvalue weighted by molar-refractivity contribution is -0.132. The minimum absolute atomic E-state index is 0.0486. The molecule has 3 fully saturated rings. The van der Waals surface area contributed by atoms with E-state index in [1.807, 2.05) is 19.1 Å². The van der Waals surface area contributed by atoms with E-state index >= 15 is 0 Å². The Kier molecular flexibility index (Phi) is 3.71. The van der Waals surface area contributed by atoms with Gasteiger partial charge in [0.25, 0.3) is 0 Å². The highest BCUT2D eigenvalue weighted by atomic mass is 16.3. The highest BCUT2D eigenvalue weighted by molar-refractivity contribution is 6.02. The van der Waals surface area contributed by atoms with Crippen molar-refractivity contribution in [1.82, 2.24) is 0 Å². The van der Waals surface area contributed by atoms with Gasteiger partial charge in [0.1, 0.15) is 5.78 Å². The van der Waals surface area contributed by atoms with Gasteiger partial charge in [-0.3, -0.25) is 9.59 Å². The molecule has 4 rings (SSSR count). The van der Waals surface area contributed by atoms with Gasteiger partial charge in [0.15, 0.2) is 5.78 Å². The second-order valence-electron chi connectivity index (χ2n) is 9.42. The summed E-state index contributed by atoms with van der Waals surface area (Å²) in [6.07, 6.45) is 7.74. The van der Waals surface area contributed by atoms with Gasteiger partial charge in [-0.15, -0.1) is 0 Å². The first-order chi connectivity index (χ1) is 11.7. The van der Waals surface area contributed by atoms with E-state index in [0.717, 1.165) is 25.7 Å². The molecule has 25 heavy (non-hydrogen) atoms. The number of carbonyl (C=O) groups excluding carboxylic acids is 2. The third-order valence-electron chi connectivity index (χ3n) is 8.48. The van der Waals surface area contributed by atoms with Crippen molar-refractivity contribution in [2.75, 3.05) is 0 Å². The number of Topliss-reactive ketones (excluding diaryl/α,β-unsaturated/α-hetero) is 1. The van der Waals surface area contributed by atoms with Crippen LogP contribution in [0.1, 0.15) is 59.8 Å². The Morgan fingerprint density at radius 1 is 1.20 bits per heavy atom. The van der Waals surface area contributed by atoms with Crippen molar-refractivity contribution in [3.63, 3.8) is 0 Å². The van der Waals surface area contributed by atoms with Crippen molar-refractivity contribution < 1.29 is 14.7 Å². The van der Waals surface area contributed by atoms with E-state index in [4.69, 9.17) is 0 Å². The first-order valence-electron chi connectivity index (χ1n) is 9.84. The number of allylic oxidation sites excluding steroid dienone is 4. The van der Waals surface area contributed by atoms with Gasteiger partial charge in [0.2, 0.25) is 0 Å². The summed E-state index contributed by atoms with van der Waals surface area (Å²) in [7, 11) is 0. The molecular weight excluding hydrogens is 312 g/mol. The zero-order valence-corrected chi connectivity index (χ0v) is 15.8. The lowest BCUT2D eigenvalue weighted by atomic mass is 9.46. The Hall–Kier alpha value is -1.22. The number of ketones is 2. The molecule has 0 aliphatic heterocycles. The summed E-state index contributed by atoms with van der Waals surface area (Å²) in [5.74, 6) is 1.79. The predicted octanol–water partition coefficient (Wildman–Crippen LogP) is 3.86. The fourth-order valence-electron chi connectivity index (χ4n) is 6.98. The predicted molar refractivity (Wildman–Crippen MR) is 96.8 cm³/mol. The van der Waals surface area contributed by atoms with Gasteiger partial charge in [-0.25, -0.2) is 0 Å². The molecule has 3 saturated carbocycles. The number of aliphatic hydroxyl groups excluding tert-OH is 1. The standard InChI is InChI=1S/C22H30O3/c1-12-9-15(24)10-14-5-6-16-18(22(12,14)4)7-8-21(3)19(25)11-17(13(2)23)20(16)21/h9-10,13,16-18,20,23H,5-8,11H2,1-4H3/t13-,16+,17-,18-,20+,21+,22-/m0/s1. The van der Waals surface area contributed by atoms with Gasteiger partial charge in [0.05, 0.1) is 6.10 Å². The zero-order valence-electron chi connectivity index (χ0n) is 15.8. The summed E-state index contributed by atoms with van der Waals surface area (Å²) >= 11 is 0. The number of carbonyl (C=O) groups is 2. The number of rotatable bonds is 1. The number of hydrogen-bond acceptors (Lipinski definition) is 3. The van der Waals surface area contributed by atoms with Crippen molar-refractivity contribution in [3.05, 3.63) is 23.3 Å². The van der Waals surface area contributed by atoms with Crippen LogP contribution in [0.3, 0.4) is 0 Å². The minimum Gasteiger partial charge on any atom is -0.393 e. The van der Waals surface area contributed by atoms with E-state index < -0.39 is 6.10 Å². The lowest BCUT2D eigenvalue weighted by Crippen LogP contribution is -2.52. The van der Waals surface area contributed by atoms with Crippen molar-refractivity contribution in [3.8, 4) is 0 Å². The molecule has 3 heteroatoms. The summed E-state index contributed by atoms with van der Waals surface area (Å²) in [5, 5.41) is 10.4. The number of fused-ring (bicyclic) bond motifs is 5. The van der Waals surface area contributed by atoms with Gasteiger partial charge >= 0.3 is 0 Å². The van der Waals surface area contributed by atoms with Gasteiger partial charge in [-0.2, -0.15) is 0 Å². The molecule has 0 aromatic rings. The molecule has 0 radical (unpaired) electrons. The molecule has 0 bridgehead atoms. The second kappa shape index (κ2) is 5.39. The summed E-state index contributed by atoms with van der Waals surface area (Å²) in [5.41, 5.74) is 2.17. The van der Waals surface area contributed by atoms with E-state index in [0.29, 0.717) is 24.0 Å². The molecule has 136 valence electrons. The van der Waals surface area contributed by atoms with E-state index in [9.17, 15) is 14.7 Å². The average Bonchev–Trinajstić information content (AvgIpc) is 2.81. The molecule has 1 N–H and O–H groups in total. The zero-order chi connectivity index (χ0) is 18.1. The molecule has 0 aromatic carbocycles. The van der Waals surface area contributed by atoms with Crippen LogP contribution in [0.15, 0.2) is 23.3 Å². The Balaban J connectivity index is 1.77. The molecule has 4 aliphatic carbocycles. The van der Waals surface area contributed by atoms with E-state index in [1.165, 1.54) is 11.1 Å². The summed E-state index contributed by atoms with van der Waals surface area (Å²) in [4.78, 5) is 24.8. The molecule has 0 heterocycles. The summed E-state index contributed by atoms with van der Waals surface area (Å²) < 4.78 is 0. The second-order valence-corrected chi connectivity index (χ2v) is 9.42. The van der Waals surface area contributed by atoms with Crippen molar-refractivity contribution >= 4 is 11.6 Å². The van der Waals surface area contributed by atoms with Crippen molar-refractivity contribution in [1.29, 1.82) is 0 Å². The van der Waals surface area contributed by atoms with E-state index in [1.54, 1.807) is 0 Å². The summed E-state index contributed by atoms with van der Waals surface area (Å²) in [6, 6.07) is 0. The fourth-order valence-corrected chi connectivity index (χ4v) is 6.98. The van der Waals surface area contributed by atoms with Crippen LogP contribution in [0.5, 0.6) is 0 Å². The lowest BCUT2D eigenvalue weighted by Gasteiger charge is -2.58. The monoisotopic (exact) mass is 342 g/mol. The SMILES string of the molecule is CC1=CC(=O)C=C2CC[C@H]3[C@@H]4[C@H]([C@H](C)O)CC(=O)[C@@]4(C)CC[C@@H]3[C@@]12C. The van der Waals surface area contributed by atoms with Crippen molar-refractivity contribution in [2.45, 2.75) is 65.9 Å². The maximum absolute atomic E-state index is 12.8. The minimum atomic E-state index is -0.427. The van der Waals surface area contributed by atoms with Crippen LogP contribution >= 0.6 is 0 Å². The molecule has 3 nitrogen and oxygen atoms in total. The first kappa shape index (κ1) is 17.2. The molecular formula is C22H30O3. The van der Waals surface area contributed by atoms with Crippen LogP contribution < -0.4 is 0 Å². The normalized spacial score (nSPS) is 47.4. The van der Waals surface area contributed by atoms with Gasteiger partial charge < -0.3 is 5.11 Å². The third kappa shape index (κ3) is 2.14. The highest BCUT2D eigenvalue weighted by Gasteiger charge is 2.62. The van der Waals surface area contributed by atoms with Crippen molar-refractivity contribution in [2.24, 2.45) is 34.5 Å². The molecule has 0 amide bonds. The Bertz CT molecular complexity index is 700. The van der Waals surface area contributed by atoms with Crippen LogP contribution in [0.4, 0.5) is 0 Å². The average molecular weight is 342 g/mol. The maximum atomic E-state index is 12.8. The molecule has 0 saturated heterocycles. The quantitative estimate of drug-likeness (QED) is 0.787. The molecule has 0 unspecified atom stereocenters. The number of aliphatic hydroxyl groups is 1. The first-order valence-corrected chi connectivity index (χ1v) is 9.84. The largest absolute Gasteiger partial charge is 0.393 e. The molecule has 7 atom stereocenters. The Morgan fingerprint density at radius 3 is 2.60 bits per heavy atom. The summed E-state index contributed by atoms with van der Waals surface area (Å²) in [6.45, 7) is 8.42. The van der Waals surface area contributed by atoms with Gasteiger partial charge in [0, 0.05) is 17.3 Å². The van der Waals surface area contributed by atoms with Gasteiger partial charge in [-0.1, -0.05) is 25.0 Å². The highest BCUT2D eigenvalue weighted by Crippen LogP contribution is 2.66. The molecule has 0 spiro atoms. The third-order valence-corrected chi connectivity index (χ3v) is 8.48.